The van der Waals surface area contributed by atoms with Gasteiger partial charge >= 0.3 is 5.97 Å². The Bertz CT molecular complexity index is 399. The third kappa shape index (κ3) is 3.80. The Morgan fingerprint density at radius 3 is 2.83 bits per heavy atom. The second-order valence-electron chi connectivity index (χ2n) is 4.68. The molecule has 0 saturated carbocycles. The number of esters is 1. The van der Waals surface area contributed by atoms with Crippen LogP contribution in [0.2, 0.25) is 0 Å². The second kappa shape index (κ2) is 6.68. The molecule has 0 amide bonds. The van der Waals surface area contributed by atoms with Crippen LogP contribution >= 0.6 is 27.3 Å². The fourth-order valence-electron chi connectivity index (χ4n) is 2.39. The van der Waals surface area contributed by atoms with Crippen LogP contribution in [0.25, 0.3) is 0 Å². The fourth-order valence-corrected chi connectivity index (χ4v) is 3.91. The van der Waals surface area contributed by atoms with Crippen LogP contribution in [0.15, 0.2) is 15.9 Å². The highest BCUT2D eigenvalue weighted by atomic mass is 79.9. The summed E-state index contributed by atoms with van der Waals surface area (Å²) < 4.78 is 6.26. The molecule has 0 aromatic carbocycles. The van der Waals surface area contributed by atoms with Gasteiger partial charge in [-0.3, -0.25) is 4.79 Å². The maximum atomic E-state index is 11.6. The Morgan fingerprint density at radius 2 is 2.28 bits per heavy atom. The molecule has 2 heterocycles. The number of quaternary nitrogens is 1. The molecule has 18 heavy (non-hydrogen) atoms. The summed E-state index contributed by atoms with van der Waals surface area (Å²) in [6.45, 7) is 5.58. The van der Waals surface area contributed by atoms with Crippen molar-refractivity contribution in [3.63, 3.8) is 0 Å². The largest absolute Gasteiger partial charge is 0.466 e. The summed E-state index contributed by atoms with van der Waals surface area (Å²) in [7, 11) is 0. The molecule has 0 spiro atoms. The number of halogens is 1. The lowest BCUT2D eigenvalue weighted by atomic mass is 9.97. The van der Waals surface area contributed by atoms with Gasteiger partial charge in [0.05, 0.1) is 30.5 Å². The van der Waals surface area contributed by atoms with Crippen molar-refractivity contribution in [2.24, 2.45) is 5.92 Å². The van der Waals surface area contributed by atoms with Crippen molar-refractivity contribution < 1.29 is 14.4 Å². The highest BCUT2D eigenvalue weighted by Crippen LogP contribution is 2.19. The topological polar surface area (TPSA) is 30.7 Å². The highest BCUT2D eigenvalue weighted by Gasteiger charge is 2.28. The molecule has 0 bridgehead atoms. The van der Waals surface area contributed by atoms with Crippen LogP contribution < -0.4 is 4.90 Å². The van der Waals surface area contributed by atoms with E-state index in [1.807, 2.05) is 6.92 Å². The first kappa shape index (κ1) is 14.0. The first-order valence-electron chi connectivity index (χ1n) is 6.42. The van der Waals surface area contributed by atoms with Gasteiger partial charge in [-0.1, -0.05) is 0 Å². The molecule has 1 aliphatic heterocycles. The molecule has 0 radical (unpaired) electrons. The molecule has 1 N–H and O–H groups in total. The molecule has 1 aromatic heterocycles. The number of ether oxygens (including phenoxy) is 1. The quantitative estimate of drug-likeness (QED) is 0.853. The number of hydrogen-bond acceptors (Lipinski definition) is 3. The zero-order chi connectivity index (χ0) is 13.0. The number of carbonyl (C=O) groups excluding carboxylic acids is 1. The van der Waals surface area contributed by atoms with Gasteiger partial charge in [0.2, 0.25) is 0 Å². The zero-order valence-electron chi connectivity index (χ0n) is 10.6. The number of nitrogens with one attached hydrogen (secondary N) is 1. The SMILES string of the molecule is CCOC(=O)C1CC[NH+](Cc2cc(Br)cs2)CC1. The minimum Gasteiger partial charge on any atom is -0.466 e. The number of carbonyl (C=O) groups is 1. The third-order valence-corrected chi connectivity index (χ3v) is 5.06. The number of rotatable bonds is 4. The minimum atomic E-state index is -0.00424. The average Bonchev–Trinajstić information content (AvgIpc) is 2.76. The van der Waals surface area contributed by atoms with E-state index in [-0.39, 0.29) is 11.9 Å². The average molecular weight is 333 g/mol. The molecule has 3 nitrogen and oxygen atoms in total. The van der Waals surface area contributed by atoms with Gasteiger partial charge < -0.3 is 9.64 Å². The predicted octanol–water partition coefficient (Wildman–Crippen LogP) is 1.87. The van der Waals surface area contributed by atoms with E-state index in [9.17, 15) is 4.79 Å². The van der Waals surface area contributed by atoms with E-state index in [0.717, 1.165) is 32.5 Å². The smallest absolute Gasteiger partial charge is 0.309 e. The lowest BCUT2D eigenvalue weighted by Crippen LogP contribution is -3.11. The molecular weight excluding hydrogens is 314 g/mol. The molecule has 1 aliphatic rings. The van der Waals surface area contributed by atoms with Crippen molar-refractivity contribution >= 4 is 33.2 Å². The molecule has 5 heteroatoms. The Morgan fingerprint density at radius 1 is 1.56 bits per heavy atom. The van der Waals surface area contributed by atoms with E-state index < -0.39 is 0 Å². The monoisotopic (exact) mass is 332 g/mol. The first-order valence-corrected chi connectivity index (χ1v) is 8.09. The summed E-state index contributed by atoms with van der Waals surface area (Å²) in [6.07, 6.45) is 1.92. The fraction of sp³-hybridized carbons (Fsp3) is 0.615. The van der Waals surface area contributed by atoms with Gasteiger partial charge in [-0.2, -0.15) is 0 Å². The van der Waals surface area contributed by atoms with Crippen LogP contribution in [0.3, 0.4) is 0 Å². The van der Waals surface area contributed by atoms with E-state index in [4.69, 9.17) is 4.74 Å². The van der Waals surface area contributed by atoms with Crippen LogP contribution in [0.4, 0.5) is 0 Å². The molecule has 2 rings (SSSR count). The summed E-state index contributed by atoms with van der Waals surface area (Å²) in [5.41, 5.74) is 0. The maximum absolute atomic E-state index is 11.6. The molecule has 0 unspecified atom stereocenters. The van der Waals surface area contributed by atoms with Gasteiger partial charge in [-0.05, 0) is 28.9 Å². The summed E-state index contributed by atoms with van der Waals surface area (Å²) in [5.74, 6) is 0.124. The molecule has 1 aromatic rings. The Hall–Kier alpha value is -0.390. The number of piperidine rings is 1. The molecule has 1 saturated heterocycles. The first-order chi connectivity index (χ1) is 8.69. The number of thiophene rings is 1. The lowest BCUT2D eigenvalue weighted by molar-refractivity contribution is -0.919. The molecule has 0 aliphatic carbocycles. The van der Waals surface area contributed by atoms with Crippen molar-refractivity contribution in [1.29, 1.82) is 0 Å². The molecule has 1 fully saturated rings. The zero-order valence-corrected chi connectivity index (χ0v) is 13.0. The van der Waals surface area contributed by atoms with Crippen molar-refractivity contribution in [2.45, 2.75) is 26.3 Å². The van der Waals surface area contributed by atoms with E-state index >= 15 is 0 Å². The van der Waals surface area contributed by atoms with Crippen LogP contribution in [0.1, 0.15) is 24.6 Å². The minimum absolute atomic E-state index is 0.00424. The summed E-state index contributed by atoms with van der Waals surface area (Å²) >= 11 is 5.28. The maximum Gasteiger partial charge on any atom is 0.309 e. The van der Waals surface area contributed by atoms with Gasteiger partial charge in [0.15, 0.2) is 0 Å². The van der Waals surface area contributed by atoms with Crippen molar-refractivity contribution in [2.75, 3.05) is 19.7 Å². The normalized spacial score (nSPS) is 23.9. The highest BCUT2D eigenvalue weighted by molar-refractivity contribution is 9.10. The third-order valence-electron chi connectivity index (χ3n) is 3.36. The van der Waals surface area contributed by atoms with Crippen molar-refractivity contribution in [1.82, 2.24) is 0 Å². The van der Waals surface area contributed by atoms with Crippen molar-refractivity contribution in [3.05, 3.63) is 20.8 Å². The van der Waals surface area contributed by atoms with Gasteiger partial charge in [-0.25, -0.2) is 0 Å². The Kier molecular flexibility index (Phi) is 5.21. The van der Waals surface area contributed by atoms with Gasteiger partial charge in [0.1, 0.15) is 6.54 Å². The van der Waals surface area contributed by atoms with E-state index in [0.29, 0.717) is 6.61 Å². The lowest BCUT2D eigenvalue weighted by Gasteiger charge is -2.27. The molecular formula is C13H19BrNO2S+. The van der Waals surface area contributed by atoms with E-state index in [1.165, 1.54) is 9.35 Å². The predicted molar refractivity (Wildman–Crippen MR) is 75.8 cm³/mol. The van der Waals surface area contributed by atoms with Crippen LogP contribution in [0, 0.1) is 5.92 Å². The number of likely N-dealkylation sites (tertiary alicyclic amines) is 1. The summed E-state index contributed by atoms with van der Waals surface area (Å²) in [6, 6.07) is 2.19. The van der Waals surface area contributed by atoms with Crippen LogP contribution in [-0.4, -0.2) is 25.7 Å². The van der Waals surface area contributed by atoms with E-state index in [1.54, 1.807) is 16.2 Å². The summed E-state index contributed by atoms with van der Waals surface area (Å²) in [4.78, 5) is 14.6. The van der Waals surface area contributed by atoms with Gasteiger partial charge in [0.25, 0.3) is 0 Å². The Balaban J connectivity index is 1.78. The van der Waals surface area contributed by atoms with Gasteiger partial charge in [-0.15, -0.1) is 11.3 Å². The van der Waals surface area contributed by atoms with Gasteiger partial charge in [0, 0.05) is 22.7 Å². The Labute approximate surface area is 120 Å². The molecule has 100 valence electrons. The number of hydrogen-bond donors (Lipinski definition) is 1. The molecule has 0 atom stereocenters. The standard InChI is InChI=1S/C13H18BrNO2S/c1-2-17-13(16)10-3-5-15(6-4-10)8-12-7-11(14)9-18-12/h7,9-10H,2-6,8H2,1H3/p+1. The summed E-state index contributed by atoms with van der Waals surface area (Å²) in [5, 5.41) is 2.13. The van der Waals surface area contributed by atoms with E-state index in [2.05, 4.69) is 27.4 Å². The second-order valence-corrected chi connectivity index (χ2v) is 6.60. The van der Waals surface area contributed by atoms with Crippen LogP contribution in [-0.2, 0) is 16.1 Å². The van der Waals surface area contributed by atoms with Crippen molar-refractivity contribution in [3.8, 4) is 0 Å². The van der Waals surface area contributed by atoms with Crippen LogP contribution in [0.5, 0.6) is 0 Å².